The first-order valence-corrected chi connectivity index (χ1v) is 11.1. The zero-order valence-electron chi connectivity index (χ0n) is 17.9. The number of carbonyl (C=O) groups is 2. The van der Waals surface area contributed by atoms with Crippen molar-refractivity contribution in [2.75, 3.05) is 32.1 Å². The predicted octanol–water partition coefficient (Wildman–Crippen LogP) is 4.51. The lowest BCUT2D eigenvalue weighted by Crippen LogP contribution is -2.46. The summed E-state index contributed by atoms with van der Waals surface area (Å²) in [6.45, 7) is 4.42. The van der Waals surface area contributed by atoms with Crippen molar-refractivity contribution in [3.8, 4) is 5.75 Å². The maximum Gasteiger partial charge on any atom is 0.322 e. The molecule has 0 atom stereocenters. The normalized spacial score (nSPS) is 18.3. The van der Waals surface area contributed by atoms with Crippen molar-refractivity contribution in [2.45, 2.75) is 64.3 Å². The number of carbonyl (C=O) groups excluding carboxylic acids is 2. The number of amides is 3. The molecule has 1 aliphatic heterocycles. The summed E-state index contributed by atoms with van der Waals surface area (Å²) >= 11 is 0. The second kappa shape index (κ2) is 10.5. The van der Waals surface area contributed by atoms with E-state index in [-0.39, 0.29) is 18.0 Å². The van der Waals surface area contributed by atoms with Crippen molar-refractivity contribution in [2.24, 2.45) is 5.92 Å². The highest BCUT2D eigenvalue weighted by molar-refractivity contribution is 5.90. The van der Waals surface area contributed by atoms with Gasteiger partial charge in [-0.05, 0) is 43.7 Å². The van der Waals surface area contributed by atoms with Gasteiger partial charge < -0.3 is 19.9 Å². The average molecular weight is 402 g/mol. The minimum atomic E-state index is -0.120. The number of hydrogen-bond acceptors (Lipinski definition) is 3. The summed E-state index contributed by atoms with van der Waals surface area (Å²) in [7, 11) is 1.61. The molecule has 1 aromatic rings. The largest absolute Gasteiger partial charge is 0.497 e. The maximum atomic E-state index is 13.1. The molecule has 2 aliphatic rings. The van der Waals surface area contributed by atoms with Gasteiger partial charge in [-0.25, -0.2) is 4.79 Å². The maximum absolute atomic E-state index is 13.1. The Labute approximate surface area is 174 Å². The molecule has 0 bridgehead atoms. The second-order valence-corrected chi connectivity index (χ2v) is 8.46. The summed E-state index contributed by atoms with van der Waals surface area (Å²) < 4.78 is 5.25. The fourth-order valence-electron chi connectivity index (χ4n) is 4.37. The van der Waals surface area contributed by atoms with Gasteiger partial charge in [-0.3, -0.25) is 4.79 Å². The average Bonchev–Trinajstić information content (AvgIpc) is 2.75. The Bertz CT molecular complexity index is 680. The van der Waals surface area contributed by atoms with Crippen LogP contribution < -0.4 is 10.1 Å². The fraction of sp³-hybridized carbons (Fsp3) is 0.652. The summed E-state index contributed by atoms with van der Waals surface area (Å²) in [5.41, 5.74) is 0.714. The van der Waals surface area contributed by atoms with Gasteiger partial charge in [0.05, 0.1) is 7.11 Å². The van der Waals surface area contributed by atoms with Crippen LogP contribution in [0.3, 0.4) is 0 Å². The van der Waals surface area contributed by atoms with Gasteiger partial charge in [0.15, 0.2) is 0 Å². The molecular weight excluding hydrogens is 366 g/mol. The lowest BCUT2D eigenvalue weighted by Gasteiger charge is -2.35. The van der Waals surface area contributed by atoms with Crippen molar-refractivity contribution in [3.63, 3.8) is 0 Å². The third-order valence-electron chi connectivity index (χ3n) is 6.30. The number of ether oxygens (including phenoxy) is 1. The highest BCUT2D eigenvalue weighted by atomic mass is 16.5. The number of hydrogen-bond donors (Lipinski definition) is 1. The molecule has 6 heteroatoms. The van der Waals surface area contributed by atoms with Gasteiger partial charge >= 0.3 is 6.03 Å². The summed E-state index contributed by atoms with van der Waals surface area (Å²) in [6, 6.07) is 7.48. The Kier molecular flexibility index (Phi) is 7.78. The SMILES string of the molecule is COc1cccc(NC(=O)N(CCC(=O)N2CCC(C)CC2)C2CCCCC2)c1. The van der Waals surface area contributed by atoms with Crippen LogP contribution in [-0.2, 0) is 4.79 Å². The number of anilines is 1. The van der Waals surface area contributed by atoms with E-state index in [1.165, 1.54) is 6.42 Å². The number of piperidine rings is 1. The number of methoxy groups -OCH3 is 1. The third kappa shape index (κ3) is 6.12. The van der Waals surface area contributed by atoms with Crippen molar-refractivity contribution < 1.29 is 14.3 Å². The van der Waals surface area contributed by atoms with E-state index in [9.17, 15) is 9.59 Å². The monoisotopic (exact) mass is 401 g/mol. The first kappa shape index (κ1) is 21.5. The highest BCUT2D eigenvalue weighted by Gasteiger charge is 2.27. The van der Waals surface area contributed by atoms with Crippen LogP contribution in [0.15, 0.2) is 24.3 Å². The first-order valence-electron chi connectivity index (χ1n) is 11.1. The lowest BCUT2D eigenvalue weighted by molar-refractivity contribution is -0.132. The van der Waals surface area contributed by atoms with E-state index in [1.54, 1.807) is 7.11 Å². The number of rotatable bonds is 6. The van der Waals surface area contributed by atoms with Crippen molar-refractivity contribution in [3.05, 3.63) is 24.3 Å². The van der Waals surface area contributed by atoms with Crippen LogP contribution in [0, 0.1) is 5.92 Å². The van der Waals surface area contributed by atoms with E-state index >= 15 is 0 Å². The Morgan fingerprint density at radius 1 is 1.14 bits per heavy atom. The molecule has 6 nitrogen and oxygen atoms in total. The molecule has 0 aromatic heterocycles. The standard InChI is InChI=1S/C23H35N3O3/c1-18-11-14-25(15-12-18)22(27)13-16-26(20-8-4-3-5-9-20)23(28)24-19-7-6-10-21(17-19)29-2/h6-7,10,17-18,20H,3-5,8-9,11-16H2,1-2H3,(H,24,28). The van der Waals surface area contributed by atoms with E-state index in [0.717, 1.165) is 51.6 Å². The van der Waals surface area contributed by atoms with Crippen molar-refractivity contribution >= 4 is 17.6 Å². The molecule has 160 valence electrons. The smallest absolute Gasteiger partial charge is 0.322 e. The molecular formula is C23H35N3O3. The summed E-state index contributed by atoms with van der Waals surface area (Å²) in [4.78, 5) is 29.7. The Hall–Kier alpha value is -2.24. The first-order chi connectivity index (χ1) is 14.1. The molecule has 29 heavy (non-hydrogen) atoms. The fourth-order valence-corrected chi connectivity index (χ4v) is 4.37. The molecule has 1 N–H and O–H groups in total. The summed E-state index contributed by atoms with van der Waals surface area (Å²) in [5, 5.41) is 3.01. The Morgan fingerprint density at radius 3 is 2.55 bits per heavy atom. The minimum Gasteiger partial charge on any atom is -0.497 e. The van der Waals surface area contributed by atoms with Gasteiger partial charge in [-0.2, -0.15) is 0 Å². The second-order valence-electron chi connectivity index (χ2n) is 8.46. The molecule has 0 unspecified atom stereocenters. The van der Waals surface area contributed by atoms with E-state index in [1.807, 2.05) is 34.1 Å². The van der Waals surface area contributed by atoms with Crippen LogP contribution in [0.25, 0.3) is 0 Å². The molecule has 3 rings (SSSR count). The van der Waals surface area contributed by atoms with Crippen LogP contribution in [0.5, 0.6) is 5.75 Å². The molecule has 1 aliphatic carbocycles. The van der Waals surface area contributed by atoms with Crippen LogP contribution in [0.4, 0.5) is 10.5 Å². The quantitative estimate of drug-likeness (QED) is 0.763. The van der Waals surface area contributed by atoms with Gasteiger partial charge in [0, 0.05) is 43.9 Å². The van der Waals surface area contributed by atoms with Crippen molar-refractivity contribution in [1.82, 2.24) is 9.80 Å². The molecule has 1 aromatic carbocycles. The topological polar surface area (TPSA) is 61.9 Å². The minimum absolute atomic E-state index is 0.120. The molecule has 0 spiro atoms. The van der Waals surface area contributed by atoms with Crippen molar-refractivity contribution in [1.29, 1.82) is 0 Å². The van der Waals surface area contributed by atoms with Crippen LogP contribution >= 0.6 is 0 Å². The number of nitrogens with zero attached hydrogens (tertiary/aromatic N) is 2. The third-order valence-corrected chi connectivity index (χ3v) is 6.30. The number of likely N-dealkylation sites (tertiary alicyclic amines) is 1. The van der Waals surface area contributed by atoms with Gasteiger partial charge in [-0.1, -0.05) is 32.3 Å². The molecule has 1 saturated carbocycles. The molecule has 1 heterocycles. The van der Waals surface area contributed by atoms with E-state index in [4.69, 9.17) is 4.74 Å². The van der Waals surface area contributed by atoms with Gasteiger partial charge in [0.1, 0.15) is 5.75 Å². The molecule has 3 amide bonds. The zero-order chi connectivity index (χ0) is 20.6. The van der Waals surface area contributed by atoms with Gasteiger partial charge in [0.2, 0.25) is 5.91 Å². The van der Waals surface area contributed by atoms with Gasteiger partial charge in [0.25, 0.3) is 0 Å². The number of benzene rings is 1. The highest BCUT2D eigenvalue weighted by Crippen LogP contribution is 2.25. The van der Waals surface area contributed by atoms with Gasteiger partial charge in [-0.15, -0.1) is 0 Å². The van der Waals surface area contributed by atoms with Crippen LogP contribution in [0.1, 0.15) is 58.3 Å². The van der Waals surface area contributed by atoms with E-state index in [2.05, 4.69) is 12.2 Å². The zero-order valence-corrected chi connectivity index (χ0v) is 17.9. The predicted molar refractivity (Wildman–Crippen MR) is 115 cm³/mol. The Balaban J connectivity index is 1.62. The molecule has 2 fully saturated rings. The van der Waals surface area contributed by atoms with E-state index < -0.39 is 0 Å². The number of nitrogens with one attached hydrogen (secondary N) is 1. The summed E-state index contributed by atoms with van der Waals surface area (Å²) in [5.74, 6) is 1.58. The van der Waals surface area contributed by atoms with E-state index in [0.29, 0.717) is 30.3 Å². The molecule has 0 radical (unpaired) electrons. The van der Waals surface area contributed by atoms with Crippen LogP contribution in [0.2, 0.25) is 0 Å². The van der Waals surface area contributed by atoms with Crippen LogP contribution in [-0.4, -0.2) is 54.5 Å². The Morgan fingerprint density at radius 2 is 1.86 bits per heavy atom. The summed E-state index contributed by atoms with van der Waals surface area (Å²) in [6.07, 6.45) is 8.10. The number of urea groups is 1. The lowest BCUT2D eigenvalue weighted by atomic mass is 9.94. The molecule has 1 saturated heterocycles.